The van der Waals surface area contributed by atoms with Gasteiger partial charge in [-0.2, -0.15) is 0 Å². The highest BCUT2D eigenvalue weighted by molar-refractivity contribution is 6.01. The summed E-state index contributed by atoms with van der Waals surface area (Å²) in [5, 5.41) is 9.28. The standard InChI is InChI=1S/C15H21N3O3/c1-4-10(2)17(3)8-9-18-13-11(14(19)20)6-5-7-12(13)16-15(18)21/h5-7,10H,4,8-9H2,1-3H3,(H,16,21)(H,19,20). The highest BCUT2D eigenvalue weighted by Crippen LogP contribution is 2.16. The average Bonchev–Trinajstić information content (AvgIpc) is 2.78. The number of fused-ring (bicyclic) bond motifs is 1. The highest BCUT2D eigenvalue weighted by atomic mass is 16.4. The molecule has 0 bridgehead atoms. The van der Waals surface area contributed by atoms with E-state index in [1.54, 1.807) is 12.1 Å². The molecule has 1 aromatic carbocycles. The topological polar surface area (TPSA) is 78.3 Å². The molecule has 0 saturated heterocycles. The maximum atomic E-state index is 12.1. The third kappa shape index (κ3) is 3.00. The van der Waals surface area contributed by atoms with Gasteiger partial charge in [0.25, 0.3) is 0 Å². The molecule has 1 aromatic heterocycles. The van der Waals surface area contributed by atoms with Crippen LogP contribution in [0.4, 0.5) is 0 Å². The predicted octanol–water partition coefficient (Wildman–Crippen LogP) is 1.76. The summed E-state index contributed by atoms with van der Waals surface area (Å²) >= 11 is 0. The molecule has 0 aliphatic rings. The van der Waals surface area contributed by atoms with Crippen molar-refractivity contribution in [2.24, 2.45) is 0 Å². The maximum absolute atomic E-state index is 12.1. The van der Waals surface area contributed by atoms with E-state index in [-0.39, 0.29) is 11.3 Å². The molecular formula is C15H21N3O3. The van der Waals surface area contributed by atoms with Gasteiger partial charge >= 0.3 is 11.7 Å². The van der Waals surface area contributed by atoms with E-state index in [0.717, 1.165) is 6.42 Å². The minimum absolute atomic E-state index is 0.150. The zero-order valence-electron chi connectivity index (χ0n) is 12.6. The molecular weight excluding hydrogens is 270 g/mol. The summed E-state index contributed by atoms with van der Waals surface area (Å²) in [6.45, 7) is 5.39. The van der Waals surface area contributed by atoms with E-state index in [2.05, 4.69) is 23.7 Å². The normalized spacial score (nSPS) is 13.0. The largest absolute Gasteiger partial charge is 0.478 e. The van der Waals surface area contributed by atoms with E-state index >= 15 is 0 Å². The molecule has 6 nitrogen and oxygen atoms in total. The van der Waals surface area contributed by atoms with Gasteiger partial charge in [0.1, 0.15) is 0 Å². The van der Waals surface area contributed by atoms with E-state index < -0.39 is 5.97 Å². The van der Waals surface area contributed by atoms with Crippen LogP contribution in [0.5, 0.6) is 0 Å². The van der Waals surface area contributed by atoms with Crippen LogP contribution in [-0.4, -0.2) is 45.2 Å². The van der Waals surface area contributed by atoms with Gasteiger partial charge in [-0.3, -0.25) is 4.57 Å². The summed E-state index contributed by atoms with van der Waals surface area (Å²) in [6, 6.07) is 5.30. The Morgan fingerprint density at radius 2 is 2.19 bits per heavy atom. The number of aromatic carboxylic acids is 1. The van der Waals surface area contributed by atoms with Crippen molar-refractivity contribution in [3.8, 4) is 0 Å². The zero-order chi connectivity index (χ0) is 15.6. The van der Waals surface area contributed by atoms with Crippen molar-refractivity contribution in [2.75, 3.05) is 13.6 Å². The number of rotatable bonds is 6. The molecule has 0 fully saturated rings. The Kier molecular flexibility index (Phi) is 4.47. The van der Waals surface area contributed by atoms with Crippen LogP contribution in [0.25, 0.3) is 11.0 Å². The van der Waals surface area contributed by atoms with Crippen LogP contribution >= 0.6 is 0 Å². The fraction of sp³-hybridized carbons (Fsp3) is 0.467. The highest BCUT2D eigenvalue weighted by Gasteiger charge is 2.16. The number of carboxylic acid groups (broad SMARTS) is 1. The first-order valence-corrected chi connectivity index (χ1v) is 7.10. The van der Waals surface area contributed by atoms with Gasteiger partial charge in [0.05, 0.1) is 16.6 Å². The minimum Gasteiger partial charge on any atom is -0.478 e. The van der Waals surface area contributed by atoms with Crippen molar-refractivity contribution < 1.29 is 9.90 Å². The zero-order valence-corrected chi connectivity index (χ0v) is 12.6. The number of carbonyl (C=O) groups is 1. The minimum atomic E-state index is -1.02. The predicted molar refractivity (Wildman–Crippen MR) is 81.9 cm³/mol. The van der Waals surface area contributed by atoms with E-state index in [0.29, 0.717) is 30.2 Å². The molecule has 0 amide bonds. The lowest BCUT2D eigenvalue weighted by atomic mass is 10.2. The van der Waals surface area contributed by atoms with Crippen molar-refractivity contribution in [3.63, 3.8) is 0 Å². The van der Waals surface area contributed by atoms with Gasteiger partial charge in [0.15, 0.2) is 0 Å². The Labute approximate surface area is 123 Å². The van der Waals surface area contributed by atoms with Crippen molar-refractivity contribution in [1.82, 2.24) is 14.5 Å². The molecule has 2 rings (SSSR count). The SMILES string of the molecule is CCC(C)N(C)CCn1c(=O)[nH]c2cccc(C(=O)O)c21. The lowest BCUT2D eigenvalue weighted by Gasteiger charge is -2.23. The first-order chi connectivity index (χ1) is 9.95. The molecule has 21 heavy (non-hydrogen) atoms. The molecule has 0 radical (unpaired) electrons. The number of para-hydroxylation sites is 1. The lowest BCUT2D eigenvalue weighted by molar-refractivity contribution is 0.0698. The van der Waals surface area contributed by atoms with Gasteiger partial charge in [-0.1, -0.05) is 13.0 Å². The summed E-state index contributed by atoms with van der Waals surface area (Å²) in [6.07, 6.45) is 1.03. The number of aromatic nitrogens is 2. The monoisotopic (exact) mass is 291 g/mol. The number of nitrogens with one attached hydrogen (secondary N) is 1. The molecule has 0 spiro atoms. The molecule has 2 aromatic rings. The van der Waals surface area contributed by atoms with Crippen molar-refractivity contribution in [2.45, 2.75) is 32.9 Å². The van der Waals surface area contributed by atoms with E-state index in [4.69, 9.17) is 0 Å². The molecule has 1 atom stereocenters. The fourth-order valence-electron chi connectivity index (χ4n) is 2.40. The van der Waals surface area contributed by atoms with Crippen LogP contribution in [0.2, 0.25) is 0 Å². The van der Waals surface area contributed by atoms with Crippen molar-refractivity contribution >= 4 is 17.0 Å². The molecule has 0 saturated carbocycles. The summed E-state index contributed by atoms with van der Waals surface area (Å²) < 4.78 is 1.51. The quantitative estimate of drug-likeness (QED) is 0.850. The molecule has 6 heteroatoms. The molecule has 0 aliphatic heterocycles. The number of benzene rings is 1. The Balaban J connectivity index is 2.37. The van der Waals surface area contributed by atoms with Gasteiger partial charge < -0.3 is 15.0 Å². The number of hydrogen-bond donors (Lipinski definition) is 2. The summed E-state index contributed by atoms with van der Waals surface area (Å²) in [5.41, 5.74) is 0.909. The number of hydrogen-bond acceptors (Lipinski definition) is 3. The average molecular weight is 291 g/mol. The van der Waals surface area contributed by atoms with Crippen LogP contribution in [0.1, 0.15) is 30.6 Å². The number of aromatic amines is 1. The first-order valence-electron chi connectivity index (χ1n) is 7.10. The van der Waals surface area contributed by atoms with Gasteiger partial charge in [0.2, 0.25) is 0 Å². The number of likely N-dealkylation sites (N-methyl/N-ethyl adjacent to an activating group) is 1. The number of carboxylic acids is 1. The molecule has 0 aliphatic carbocycles. The Hall–Kier alpha value is -2.08. The number of imidazole rings is 1. The van der Waals surface area contributed by atoms with Crippen LogP contribution in [0, 0.1) is 0 Å². The second kappa shape index (κ2) is 6.13. The van der Waals surface area contributed by atoms with Crippen LogP contribution in [0.3, 0.4) is 0 Å². The molecule has 2 N–H and O–H groups in total. The lowest BCUT2D eigenvalue weighted by Crippen LogP contribution is -2.33. The van der Waals surface area contributed by atoms with E-state index in [1.807, 2.05) is 7.05 Å². The smallest absolute Gasteiger partial charge is 0.337 e. The first kappa shape index (κ1) is 15.3. The molecule has 1 heterocycles. The van der Waals surface area contributed by atoms with E-state index in [9.17, 15) is 14.7 Å². The summed E-state index contributed by atoms with van der Waals surface area (Å²) in [4.78, 5) is 28.3. The van der Waals surface area contributed by atoms with E-state index in [1.165, 1.54) is 10.6 Å². The summed E-state index contributed by atoms with van der Waals surface area (Å²) in [5.74, 6) is -1.02. The summed E-state index contributed by atoms with van der Waals surface area (Å²) in [7, 11) is 2.01. The Morgan fingerprint density at radius 3 is 2.81 bits per heavy atom. The van der Waals surface area contributed by atoms with Gasteiger partial charge in [-0.25, -0.2) is 9.59 Å². The molecule has 114 valence electrons. The second-order valence-electron chi connectivity index (χ2n) is 5.33. The van der Waals surface area contributed by atoms with Crippen molar-refractivity contribution in [1.29, 1.82) is 0 Å². The second-order valence-corrected chi connectivity index (χ2v) is 5.33. The van der Waals surface area contributed by atoms with Gasteiger partial charge in [-0.05, 0) is 32.5 Å². The maximum Gasteiger partial charge on any atom is 0.337 e. The number of nitrogens with zero attached hydrogens (tertiary/aromatic N) is 2. The fourth-order valence-corrected chi connectivity index (χ4v) is 2.40. The third-order valence-corrected chi connectivity index (χ3v) is 4.04. The van der Waals surface area contributed by atoms with Gasteiger partial charge in [0, 0.05) is 19.1 Å². The Morgan fingerprint density at radius 1 is 1.48 bits per heavy atom. The van der Waals surface area contributed by atoms with Crippen LogP contribution in [-0.2, 0) is 6.54 Å². The number of H-pyrrole nitrogens is 1. The van der Waals surface area contributed by atoms with Gasteiger partial charge in [-0.15, -0.1) is 0 Å². The van der Waals surface area contributed by atoms with Crippen LogP contribution < -0.4 is 5.69 Å². The van der Waals surface area contributed by atoms with Crippen molar-refractivity contribution in [3.05, 3.63) is 34.2 Å². The third-order valence-electron chi connectivity index (χ3n) is 4.04. The van der Waals surface area contributed by atoms with Crippen LogP contribution in [0.15, 0.2) is 23.0 Å². The Bertz CT molecular complexity index is 702. The molecule has 1 unspecified atom stereocenters.